The van der Waals surface area contributed by atoms with Crippen LogP contribution >= 0.6 is 11.9 Å². The van der Waals surface area contributed by atoms with Gasteiger partial charge < -0.3 is 11.1 Å². The van der Waals surface area contributed by atoms with Gasteiger partial charge in [-0.05, 0) is 77.0 Å². The molecule has 6 heteroatoms. The summed E-state index contributed by atoms with van der Waals surface area (Å²) >= 11 is 1.89. The molecule has 2 unspecified atom stereocenters. The molecular formula is C25H47N3O2S. The first-order valence-electron chi connectivity index (χ1n) is 11.6. The number of rotatable bonds is 6. The predicted octanol–water partition coefficient (Wildman–Crippen LogP) is 5.89. The lowest BCUT2D eigenvalue weighted by atomic mass is 9.88. The standard InChI is InChI=1S/C16H28N2OS.C4H8.C3H5NO.C2H6/c1-3-17-16(19)13-5-4-6-15(11-13)20-18-14-9-7-12(2)8-10-14;1-4(2)3;1-2-3(4)5;1-2/h3,12-15,18H,1,4-11H2,2H3,(H,17,19);1H2,2-3H3;2H,1H2,(H2,4,5);1-2H3. The van der Waals surface area contributed by atoms with E-state index in [0.717, 1.165) is 31.3 Å². The van der Waals surface area contributed by atoms with Gasteiger partial charge in [-0.3, -0.25) is 14.3 Å². The van der Waals surface area contributed by atoms with E-state index >= 15 is 0 Å². The molecule has 5 nitrogen and oxygen atoms in total. The third-order valence-corrected chi connectivity index (χ3v) is 6.09. The Morgan fingerprint density at radius 2 is 1.55 bits per heavy atom. The second-order valence-electron chi connectivity index (χ2n) is 8.20. The first-order chi connectivity index (χ1) is 14.7. The van der Waals surface area contributed by atoms with Crippen LogP contribution in [0.4, 0.5) is 0 Å². The third kappa shape index (κ3) is 18.9. The summed E-state index contributed by atoms with van der Waals surface area (Å²) in [6.45, 7) is 20.5. The van der Waals surface area contributed by atoms with Gasteiger partial charge in [0.2, 0.25) is 11.8 Å². The molecule has 0 spiro atoms. The lowest BCUT2D eigenvalue weighted by molar-refractivity contribution is -0.124. The number of amides is 2. The fraction of sp³-hybridized carbons (Fsp3) is 0.680. The molecule has 0 radical (unpaired) electrons. The van der Waals surface area contributed by atoms with Gasteiger partial charge in [0.25, 0.3) is 0 Å². The Kier molecular flexibility index (Phi) is 20.8. The number of hydrogen-bond donors (Lipinski definition) is 3. The van der Waals surface area contributed by atoms with Crippen LogP contribution < -0.4 is 15.8 Å². The number of hydrogen-bond acceptors (Lipinski definition) is 4. The van der Waals surface area contributed by atoms with Gasteiger partial charge in [0.05, 0.1) is 0 Å². The molecule has 0 aromatic carbocycles. The van der Waals surface area contributed by atoms with Crippen molar-refractivity contribution < 1.29 is 9.59 Å². The van der Waals surface area contributed by atoms with Crippen LogP contribution in [0.15, 0.2) is 37.6 Å². The summed E-state index contributed by atoms with van der Waals surface area (Å²) in [5.74, 6) is 0.744. The minimum atomic E-state index is -0.481. The molecular weight excluding hydrogens is 406 g/mol. The minimum absolute atomic E-state index is 0.150. The Morgan fingerprint density at radius 1 is 1.03 bits per heavy atom. The average Bonchev–Trinajstić information content (AvgIpc) is 2.75. The van der Waals surface area contributed by atoms with E-state index in [1.807, 2.05) is 39.6 Å². The quantitative estimate of drug-likeness (QED) is 0.266. The molecule has 2 aliphatic rings. The Hall–Kier alpha value is -1.53. The van der Waals surface area contributed by atoms with Crippen LogP contribution in [-0.2, 0) is 9.59 Å². The normalized spacial score (nSPS) is 24.3. The van der Waals surface area contributed by atoms with E-state index in [4.69, 9.17) is 0 Å². The van der Waals surface area contributed by atoms with Gasteiger partial charge in [0, 0.05) is 17.2 Å². The Labute approximate surface area is 195 Å². The lowest BCUT2D eigenvalue weighted by Gasteiger charge is -2.31. The average molecular weight is 454 g/mol. The molecule has 0 aliphatic heterocycles. The zero-order valence-electron chi connectivity index (χ0n) is 20.5. The monoisotopic (exact) mass is 453 g/mol. The van der Waals surface area contributed by atoms with E-state index in [0.29, 0.717) is 11.3 Å². The highest BCUT2D eigenvalue weighted by molar-refractivity contribution is 7.98. The lowest BCUT2D eigenvalue weighted by Crippen LogP contribution is -2.34. The molecule has 2 aliphatic carbocycles. The summed E-state index contributed by atoms with van der Waals surface area (Å²) in [5.41, 5.74) is 5.70. The number of allylic oxidation sites excluding steroid dienone is 1. The van der Waals surface area contributed by atoms with E-state index < -0.39 is 5.91 Å². The van der Waals surface area contributed by atoms with Crippen molar-refractivity contribution in [3.05, 3.63) is 37.6 Å². The first-order valence-corrected chi connectivity index (χ1v) is 12.4. The zero-order chi connectivity index (χ0) is 24.2. The van der Waals surface area contributed by atoms with Crippen LogP contribution in [0.2, 0.25) is 0 Å². The SMILES string of the molecule is C=C(C)C.C=CC(N)=O.C=CNC(=O)C1CCCC(SNC2CCC(C)CC2)C1.CC. The van der Waals surface area contributed by atoms with Crippen molar-refractivity contribution >= 4 is 23.8 Å². The molecule has 2 amide bonds. The van der Waals surface area contributed by atoms with Crippen LogP contribution in [0, 0.1) is 11.8 Å². The van der Waals surface area contributed by atoms with Crippen LogP contribution in [-0.4, -0.2) is 23.1 Å². The minimum Gasteiger partial charge on any atom is -0.366 e. The van der Waals surface area contributed by atoms with E-state index in [1.54, 1.807) is 0 Å². The molecule has 4 N–H and O–H groups in total. The molecule has 0 saturated heterocycles. The Bertz CT molecular complexity index is 525. The largest absolute Gasteiger partial charge is 0.366 e. The summed E-state index contributed by atoms with van der Waals surface area (Å²) in [5, 5.41) is 3.33. The highest BCUT2D eigenvalue weighted by atomic mass is 32.2. The van der Waals surface area contributed by atoms with Gasteiger partial charge in [-0.1, -0.05) is 57.9 Å². The van der Waals surface area contributed by atoms with E-state index in [1.165, 1.54) is 43.9 Å². The highest BCUT2D eigenvalue weighted by Crippen LogP contribution is 2.33. The molecule has 180 valence electrons. The van der Waals surface area contributed by atoms with Crippen molar-refractivity contribution in [3.8, 4) is 0 Å². The molecule has 0 aromatic rings. The molecule has 0 heterocycles. The summed E-state index contributed by atoms with van der Waals surface area (Å²) in [6.07, 6.45) is 12.3. The van der Waals surface area contributed by atoms with Crippen molar-refractivity contribution in [1.29, 1.82) is 0 Å². The molecule has 2 saturated carbocycles. The van der Waals surface area contributed by atoms with Gasteiger partial charge in [-0.25, -0.2) is 0 Å². The molecule has 2 fully saturated rings. The second kappa shape index (κ2) is 20.4. The van der Waals surface area contributed by atoms with Crippen LogP contribution in [0.5, 0.6) is 0 Å². The fourth-order valence-corrected chi connectivity index (χ4v) is 4.51. The summed E-state index contributed by atoms with van der Waals surface area (Å²) < 4.78 is 3.67. The van der Waals surface area contributed by atoms with Gasteiger partial charge in [-0.15, -0.1) is 6.58 Å². The second-order valence-corrected chi connectivity index (χ2v) is 9.34. The summed E-state index contributed by atoms with van der Waals surface area (Å²) in [7, 11) is 0. The van der Waals surface area contributed by atoms with Gasteiger partial charge >= 0.3 is 0 Å². The summed E-state index contributed by atoms with van der Waals surface area (Å²) in [4.78, 5) is 21.3. The van der Waals surface area contributed by atoms with Crippen molar-refractivity contribution in [2.24, 2.45) is 17.6 Å². The number of carbonyl (C=O) groups excluding carboxylic acids is 2. The number of nitrogens with one attached hydrogen (secondary N) is 2. The smallest absolute Gasteiger partial charge is 0.240 e. The van der Waals surface area contributed by atoms with Crippen molar-refractivity contribution in [2.75, 3.05) is 0 Å². The summed E-state index contributed by atoms with van der Waals surface area (Å²) in [6, 6.07) is 0.679. The molecule has 2 atom stereocenters. The molecule has 0 bridgehead atoms. The van der Waals surface area contributed by atoms with Gasteiger partial charge in [0.15, 0.2) is 0 Å². The number of carbonyl (C=O) groups is 2. The fourth-order valence-electron chi connectivity index (χ4n) is 3.28. The third-order valence-electron chi connectivity index (χ3n) is 4.86. The zero-order valence-corrected chi connectivity index (χ0v) is 21.4. The Balaban J connectivity index is 0. The van der Waals surface area contributed by atoms with Crippen molar-refractivity contribution in [1.82, 2.24) is 10.0 Å². The van der Waals surface area contributed by atoms with Gasteiger partial charge in [-0.2, -0.15) is 0 Å². The van der Waals surface area contributed by atoms with Crippen molar-refractivity contribution in [3.63, 3.8) is 0 Å². The predicted molar refractivity (Wildman–Crippen MR) is 137 cm³/mol. The molecule has 0 aromatic heterocycles. The maximum absolute atomic E-state index is 11.9. The van der Waals surface area contributed by atoms with Gasteiger partial charge in [0.1, 0.15) is 0 Å². The number of primary amides is 1. The van der Waals surface area contributed by atoms with Crippen LogP contribution in [0.25, 0.3) is 0 Å². The molecule has 2 rings (SSSR count). The van der Waals surface area contributed by atoms with E-state index in [-0.39, 0.29) is 11.8 Å². The van der Waals surface area contributed by atoms with Crippen LogP contribution in [0.3, 0.4) is 0 Å². The van der Waals surface area contributed by atoms with Crippen molar-refractivity contribution in [2.45, 2.75) is 97.3 Å². The first kappa shape index (κ1) is 31.7. The topological polar surface area (TPSA) is 84.2 Å². The van der Waals surface area contributed by atoms with E-state index in [9.17, 15) is 9.59 Å². The number of nitrogens with two attached hydrogens (primary N) is 1. The van der Waals surface area contributed by atoms with E-state index in [2.05, 4.69) is 42.4 Å². The maximum atomic E-state index is 11.9. The Morgan fingerprint density at radius 3 is 2.00 bits per heavy atom. The maximum Gasteiger partial charge on any atom is 0.240 e. The molecule has 31 heavy (non-hydrogen) atoms. The van der Waals surface area contributed by atoms with Crippen LogP contribution in [0.1, 0.15) is 86.0 Å². The highest BCUT2D eigenvalue weighted by Gasteiger charge is 2.28.